The van der Waals surface area contributed by atoms with Crippen molar-refractivity contribution in [2.75, 3.05) is 0 Å². The molecule has 1 aromatic carbocycles. The standard InChI is InChI=1S/C22H18N4O2.Pd/c1-14-12-15(2)22(24-21(14)18-13-16(3)25-26-18)28-20-11-7-10-19(23-20)27-17-8-5-4-6-9-17;/h4-8,10-13H,1-3H3;/q-2;+2. The van der Waals surface area contributed by atoms with Crippen molar-refractivity contribution >= 4 is 0 Å². The molecule has 0 saturated heterocycles. The Hall–Kier alpha value is -3.01. The van der Waals surface area contributed by atoms with Crippen LogP contribution in [0.25, 0.3) is 11.4 Å². The van der Waals surface area contributed by atoms with Crippen molar-refractivity contribution in [2.45, 2.75) is 20.8 Å². The van der Waals surface area contributed by atoms with E-state index in [0.29, 0.717) is 23.4 Å². The topological polar surface area (TPSA) is 71.2 Å². The Labute approximate surface area is 183 Å². The number of nitrogens with zero attached hydrogens (tertiary/aromatic N) is 4. The summed E-state index contributed by atoms with van der Waals surface area (Å²) < 4.78 is 11.7. The fourth-order valence-electron chi connectivity index (χ4n) is 2.76. The molecule has 0 aliphatic carbocycles. The van der Waals surface area contributed by atoms with Crippen molar-refractivity contribution in [3.63, 3.8) is 0 Å². The van der Waals surface area contributed by atoms with Crippen LogP contribution in [0.4, 0.5) is 0 Å². The van der Waals surface area contributed by atoms with Crippen molar-refractivity contribution in [1.29, 1.82) is 0 Å². The first kappa shape index (κ1) is 20.7. The van der Waals surface area contributed by atoms with Crippen LogP contribution in [0, 0.1) is 26.8 Å². The second-order valence-corrected chi connectivity index (χ2v) is 6.39. The Bertz CT molecular complexity index is 1110. The van der Waals surface area contributed by atoms with Crippen LogP contribution in [0.5, 0.6) is 23.4 Å². The largest absolute Gasteiger partial charge is 2.00 e. The first-order valence-corrected chi connectivity index (χ1v) is 8.83. The molecule has 4 aromatic rings. The predicted molar refractivity (Wildman–Crippen MR) is 105 cm³/mol. The Morgan fingerprint density at radius 2 is 1.66 bits per heavy atom. The summed E-state index contributed by atoms with van der Waals surface area (Å²) in [5.74, 6) is 1.87. The molecule has 0 aliphatic rings. The molecule has 3 heterocycles. The maximum atomic E-state index is 5.95. The molecule has 3 aromatic heterocycles. The molecule has 0 N–H and O–H groups in total. The number of para-hydroxylation sites is 1. The van der Waals surface area contributed by atoms with Crippen molar-refractivity contribution in [1.82, 2.24) is 20.2 Å². The zero-order chi connectivity index (χ0) is 19.5. The van der Waals surface area contributed by atoms with E-state index in [1.165, 1.54) is 0 Å². The Morgan fingerprint density at radius 3 is 2.34 bits per heavy atom. The summed E-state index contributed by atoms with van der Waals surface area (Å²) in [5.41, 5.74) is 4.23. The maximum absolute atomic E-state index is 5.95. The fourth-order valence-corrected chi connectivity index (χ4v) is 2.76. The molecule has 6 nitrogen and oxygen atoms in total. The van der Waals surface area contributed by atoms with Crippen LogP contribution in [-0.2, 0) is 20.4 Å². The average molecular weight is 477 g/mol. The van der Waals surface area contributed by atoms with Gasteiger partial charge in [0.2, 0.25) is 17.6 Å². The summed E-state index contributed by atoms with van der Waals surface area (Å²) >= 11 is 0. The van der Waals surface area contributed by atoms with Crippen LogP contribution in [0.3, 0.4) is 0 Å². The SMILES string of the molecule is Cc1cc(-c2nc(Oc3cccc(Oc4[c-]cccc4)n3)c(C)cc2C)[n-]n1.[Pd+2]. The van der Waals surface area contributed by atoms with Gasteiger partial charge in [-0.3, -0.25) is 0 Å². The predicted octanol–water partition coefficient (Wildman–Crippen LogP) is 4.80. The molecular formula is C22H18N4O2Pd. The van der Waals surface area contributed by atoms with E-state index in [4.69, 9.17) is 9.47 Å². The van der Waals surface area contributed by atoms with Crippen molar-refractivity contribution in [2.24, 2.45) is 0 Å². The molecule has 7 heteroatoms. The average Bonchev–Trinajstić information content (AvgIpc) is 3.11. The molecule has 0 unspecified atom stereocenters. The van der Waals surface area contributed by atoms with E-state index >= 15 is 0 Å². The summed E-state index contributed by atoms with van der Waals surface area (Å²) in [6.07, 6.45) is 0. The molecule has 29 heavy (non-hydrogen) atoms. The minimum Gasteiger partial charge on any atom is -0.573 e. The number of rotatable bonds is 5. The minimum absolute atomic E-state index is 0. The van der Waals surface area contributed by atoms with Gasteiger partial charge in [-0.25, -0.2) is 4.98 Å². The third kappa shape index (κ3) is 4.89. The third-order valence-corrected chi connectivity index (χ3v) is 4.06. The van der Waals surface area contributed by atoms with E-state index in [1.807, 2.05) is 57.2 Å². The molecule has 0 atom stereocenters. The normalized spacial score (nSPS) is 10.3. The van der Waals surface area contributed by atoms with E-state index in [9.17, 15) is 0 Å². The molecule has 0 aliphatic heterocycles. The molecule has 0 fully saturated rings. The second kappa shape index (κ2) is 8.99. The summed E-state index contributed by atoms with van der Waals surface area (Å²) in [6.45, 7) is 5.84. The van der Waals surface area contributed by atoms with Crippen molar-refractivity contribution in [3.8, 4) is 34.8 Å². The van der Waals surface area contributed by atoms with Gasteiger partial charge >= 0.3 is 20.4 Å². The van der Waals surface area contributed by atoms with Crippen LogP contribution in [0.15, 0.2) is 54.6 Å². The van der Waals surface area contributed by atoms with E-state index in [-0.39, 0.29) is 20.4 Å². The fraction of sp³-hybridized carbons (Fsp3) is 0.136. The molecule has 0 amide bonds. The summed E-state index contributed by atoms with van der Waals surface area (Å²) in [4.78, 5) is 9.05. The summed E-state index contributed by atoms with van der Waals surface area (Å²) in [7, 11) is 0. The van der Waals surface area contributed by atoms with Gasteiger partial charge in [-0.05, 0) is 32.4 Å². The van der Waals surface area contributed by atoms with Gasteiger partial charge in [-0.15, -0.1) is 12.1 Å². The monoisotopic (exact) mass is 476 g/mol. The third-order valence-electron chi connectivity index (χ3n) is 4.06. The van der Waals surface area contributed by atoms with E-state index in [2.05, 4.69) is 26.2 Å². The molecular weight excluding hydrogens is 459 g/mol. The number of aryl methyl sites for hydroxylation is 3. The Balaban J connectivity index is 0.00000240. The molecule has 0 spiro atoms. The molecule has 0 saturated carbocycles. The van der Waals surface area contributed by atoms with Crippen LogP contribution < -0.4 is 14.6 Å². The summed E-state index contributed by atoms with van der Waals surface area (Å²) in [6, 6.07) is 19.6. The molecule has 0 bridgehead atoms. The number of aromatic nitrogens is 4. The van der Waals surface area contributed by atoms with Crippen LogP contribution in [0.2, 0.25) is 0 Å². The van der Waals surface area contributed by atoms with Gasteiger partial charge in [0.1, 0.15) is 0 Å². The first-order valence-electron chi connectivity index (χ1n) is 8.83. The van der Waals surface area contributed by atoms with E-state index in [1.54, 1.807) is 18.2 Å². The van der Waals surface area contributed by atoms with E-state index in [0.717, 1.165) is 28.2 Å². The zero-order valence-electron chi connectivity index (χ0n) is 16.1. The Kier molecular flexibility index (Phi) is 6.43. The first-order chi connectivity index (χ1) is 13.6. The van der Waals surface area contributed by atoms with Gasteiger partial charge in [-0.1, -0.05) is 17.8 Å². The van der Waals surface area contributed by atoms with E-state index < -0.39 is 0 Å². The number of hydrogen-bond donors (Lipinski definition) is 0. The zero-order valence-corrected chi connectivity index (χ0v) is 17.7. The number of pyridine rings is 2. The molecule has 0 radical (unpaired) electrons. The maximum Gasteiger partial charge on any atom is 2.00 e. The van der Waals surface area contributed by atoms with Crippen molar-refractivity contribution in [3.05, 3.63) is 77.5 Å². The van der Waals surface area contributed by atoms with Gasteiger partial charge in [0.25, 0.3) is 0 Å². The number of hydrogen-bond acceptors (Lipinski definition) is 5. The number of ether oxygens (including phenoxy) is 2. The van der Waals surface area contributed by atoms with Gasteiger partial charge < -0.3 is 19.7 Å². The molecule has 148 valence electrons. The number of benzene rings is 1. The second-order valence-electron chi connectivity index (χ2n) is 6.39. The van der Waals surface area contributed by atoms with Gasteiger partial charge in [0, 0.05) is 29.1 Å². The van der Waals surface area contributed by atoms with Crippen LogP contribution in [-0.4, -0.2) is 15.1 Å². The summed E-state index contributed by atoms with van der Waals surface area (Å²) in [5, 5.41) is 8.24. The van der Waals surface area contributed by atoms with Crippen LogP contribution >= 0.6 is 0 Å². The smallest absolute Gasteiger partial charge is 0.573 e. The quantitative estimate of drug-likeness (QED) is 0.304. The Morgan fingerprint density at radius 1 is 0.862 bits per heavy atom. The van der Waals surface area contributed by atoms with Crippen LogP contribution in [0.1, 0.15) is 16.8 Å². The van der Waals surface area contributed by atoms with Gasteiger partial charge in [0.15, 0.2) is 0 Å². The van der Waals surface area contributed by atoms with Crippen molar-refractivity contribution < 1.29 is 29.9 Å². The van der Waals surface area contributed by atoms with Gasteiger partial charge in [-0.2, -0.15) is 23.2 Å². The van der Waals surface area contributed by atoms with Gasteiger partial charge in [0.05, 0.1) is 5.69 Å². The molecule has 4 rings (SSSR count). The minimum atomic E-state index is 0.